The Morgan fingerprint density at radius 1 is 1.15 bits per heavy atom. The molecule has 140 valence electrons. The molecule has 1 saturated heterocycles. The molecule has 0 bridgehead atoms. The Morgan fingerprint density at radius 3 is 2.42 bits per heavy atom. The number of nitrogens with zero attached hydrogens (tertiary/aromatic N) is 2. The van der Waals surface area contributed by atoms with Crippen molar-refractivity contribution in [3.05, 3.63) is 56.4 Å². The first-order valence-electron chi connectivity index (χ1n) is 8.73. The highest BCUT2D eigenvalue weighted by Gasteiger charge is 2.20. The summed E-state index contributed by atoms with van der Waals surface area (Å²) in [4.78, 5) is 18.3. The molecule has 1 aromatic carbocycles. The maximum atomic E-state index is 13.0. The summed E-state index contributed by atoms with van der Waals surface area (Å²) < 4.78 is 14.2. The topological polar surface area (TPSA) is 35.6 Å². The van der Waals surface area contributed by atoms with Crippen molar-refractivity contribution in [1.82, 2.24) is 15.1 Å². The summed E-state index contributed by atoms with van der Waals surface area (Å²) in [7, 11) is 0. The third-order valence-electron chi connectivity index (χ3n) is 4.59. The van der Waals surface area contributed by atoms with Crippen molar-refractivity contribution in [2.24, 2.45) is 0 Å². The molecule has 0 unspecified atom stereocenters. The lowest BCUT2D eigenvalue weighted by Crippen LogP contribution is -2.49. The SMILES string of the molecule is C[C@H](NC(=O)CN1CCN(Cc2ccc(Br)s2)CC1)c1ccc(F)cc1. The van der Waals surface area contributed by atoms with E-state index in [0.717, 1.165) is 42.1 Å². The van der Waals surface area contributed by atoms with Crippen molar-refractivity contribution < 1.29 is 9.18 Å². The molecule has 0 saturated carbocycles. The number of nitrogens with one attached hydrogen (secondary N) is 1. The van der Waals surface area contributed by atoms with Crippen molar-refractivity contribution in [2.45, 2.75) is 19.5 Å². The maximum absolute atomic E-state index is 13.0. The van der Waals surface area contributed by atoms with Gasteiger partial charge in [-0.25, -0.2) is 4.39 Å². The van der Waals surface area contributed by atoms with E-state index >= 15 is 0 Å². The van der Waals surface area contributed by atoms with Crippen molar-refractivity contribution in [3.8, 4) is 0 Å². The van der Waals surface area contributed by atoms with Gasteiger partial charge >= 0.3 is 0 Å². The van der Waals surface area contributed by atoms with E-state index in [-0.39, 0.29) is 17.8 Å². The molecule has 7 heteroatoms. The highest BCUT2D eigenvalue weighted by molar-refractivity contribution is 9.11. The zero-order chi connectivity index (χ0) is 18.5. The molecule has 2 aromatic rings. The number of benzene rings is 1. The highest BCUT2D eigenvalue weighted by atomic mass is 79.9. The Kier molecular flexibility index (Phi) is 6.80. The van der Waals surface area contributed by atoms with Crippen LogP contribution in [-0.2, 0) is 11.3 Å². The second kappa shape index (κ2) is 9.08. The Hall–Kier alpha value is -1.28. The summed E-state index contributed by atoms with van der Waals surface area (Å²) in [5, 5.41) is 3.00. The van der Waals surface area contributed by atoms with Gasteiger partial charge in [0.2, 0.25) is 5.91 Å². The van der Waals surface area contributed by atoms with E-state index in [9.17, 15) is 9.18 Å². The van der Waals surface area contributed by atoms with Crippen molar-refractivity contribution in [1.29, 1.82) is 0 Å². The second-order valence-corrected chi connectivity index (χ2v) is 9.15. The summed E-state index contributed by atoms with van der Waals surface area (Å²) >= 11 is 5.27. The van der Waals surface area contributed by atoms with E-state index in [0.29, 0.717) is 6.54 Å². The summed E-state index contributed by atoms with van der Waals surface area (Å²) in [6.45, 7) is 7.02. The van der Waals surface area contributed by atoms with Gasteiger partial charge in [-0.15, -0.1) is 11.3 Å². The smallest absolute Gasteiger partial charge is 0.234 e. The number of carbonyl (C=O) groups is 1. The molecule has 1 aliphatic rings. The van der Waals surface area contributed by atoms with Crippen LogP contribution in [0.15, 0.2) is 40.2 Å². The molecule has 0 aliphatic carbocycles. The molecule has 1 atom stereocenters. The molecule has 26 heavy (non-hydrogen) atoms. The third kappa shape index (κ3) is 5.61. The van der Waals surface area contributed by atoms with Gasteiger partial charge in [-0.05, 0) is 52.7 Å². The average molecular weight is 440 g/mol. The van der Waals surface area contributed by atoms with Crippen LogP contribution in [0.3, 0.4) is 0 Å². The van der Waals surface area contributed by atoms with Crippen LogP contribution in [0.4, 0.5) is 4.39 Å². The minimum Gasteiger partial charge on any atom is -0.348 e. The predicted octanol–water partition coefficient (Wildman–Crippen LogP) is 3.64. The molecule has 1 aromatic heterocycles. The van der Waals surface area contributed by atoms with Gasteiger partial charge in [-0.3, -0.25) is 14.6 Å². The van der Waals surface area contributed by atoms with Crippen molar-refractivity contribution in [3.63, 3.8) is 0 Å². The summed E-state index contributed by atoms with van der Waals surface area (Å²) in [6, 6.07) is 10.4. The first-order valence-corrected chi connectivity index (χ1v) is 10.3. The molecule has 3 rings (SSSR count). The Balaban J connectivity index is 1.41. The van der Waals surface area contributed by atoms with Crippen LogP contribution >= 0.6 is 27.3 Å². The van der Waals surface area contributed by atoms with Gasteiger partial charge in [-0.2, -0.15) is 0 Å². The predicted molar refractivity (Wildman–Crippen MR) is 107 cm³/mol. The zero-order valence-corrected chi connectivity index (χ0v) is 17.2. The van der Waals surface area contributed by atoms with Gasteiger partial charge in [0.1, 0.15) is 5.82 Å². The fourth-order valence-corrected chi connectivity index (χ4v) is 4.61. The largest absolute Gasteiger partial charge is 0.348 e. The molecule has 1 amide bonds. The van der Waals surface area contributed by atoms with Crippen molar-refractivity contribution in [2.75, 3.05) is 32.7 Å². The molecular formula is C19H23BrFN3OS. The normalized spacial score (nSPS) is 17.2. The van der Waals surface area contributed by atoms with E-state index in [1.807, 2.05) is 6.92 Å². The fraction of sp³-hybridized carbons (Fsp3) is 0.421. The quantitative estimate of drug-likeness (QED) is 0.745. The summed E-state index contributed by atoms with van der Waals surface area (Å²) in [5.74, 6) is -0.252. The molecule has 4 nitrogen and oxygen atoms in total. The third-order valence-corrected chi connectivity index (χ3v) is 6.20. The van der Waals surface area contributed by atoms with Gasteiger partial charge in [0.15, 0.2) is 0 Å². The van der Waals surface area contributed by atoms with Crippen LogP contribution in [0.5, 0.6) is 0 Å². The van der Waals surface area contributed by atoms with Gasteiger partial charge in [0.25, 0.3) is 0 Å². The molecule has 1 fully saturated rings. The lowest BCUT2D eigenvalue weighted by atomic mass is 10.1. The standard InChI is InChI=1S/C19H23BrFN3OS/c1-14(15-2-4-16(21)5-3-15)22-19(25)13-24-10-8-23(9-11-24)12-17-6-7-18(20)26-17/h2-7,14H,8-13H2,1H3,(H,22,25)/t14-/m0/s1. The van der Waals surface area contributed by atoms with Crippen LogP contribution in [0.25, 0.3) is 0 Å². The van der Waals surface area contributed by atoms with Crippen LogP contribution in [0.2, 0.25) is 0 Å². The van der Waals surface area contributed by atoms with E-state index in [1.165, 1.54) is 17.0 Å². The van der Waals surface area contributed by atoms with Crippen LogP contribution in [0.1, 0.15) is 23.4 Å². The van der Waals surface area contributed by atoms with Crippen LogP contribution in [-0.4, -0.2) is 48.4 Å². The van der Waals surface area contributed by atoms with Gasteiger partial charge in [-0.1, -0.05) is 12.1 Å². The second-order valence-electron chi connectivity index (χ2n) is 6.60. The lowest BCUT2D eigenvalue weighted by Gasteiger charge is -2.34. The average Bonchev–Trinajstić information content (AvgIpc) is 3.02. The summed E-state index contributed by atoms with van der Waals surface area (Å²) in [5.41, 5.74) is 0.909. The highest BCUT2D eigenvalue weighted by Crippen LogP contribution is 2.23. The number of piperazine rings is 1. The minimum atomic E-state index is -0.264. The monoisotopic (exact) mass is 439 g/mol. The van der Waals surface area contributed by atoms with Gasteiger partial charge in [0, 0.05) is 37.6 Å². The number of hydrogen-bond donors (Lipinski definition) is 1. The summed E-state index contributed by atoms with van der Waals surface area (Å²) in [6.07, 6.45) is 0. The molecule has 2 heterocycles. The lowest BCUT2D eigenvalue weighted by molar-refractivity contribution is -0.123. The first-order chi connectivity index (χ1) is 12.5. The van der Waals surface area contributed by atoms with Gasteiger partial charge < -0.3 is 5.32 Å². The molecule has 1 aliphatic heterocycles. The number of hydrogen-bond acceptors (Lipinski definition) is 4. The number of rotatable bonds is 6. The Labute approximate surface area is 166 Å². The number of halogens is 2. The minimum absolute atomic E-state index is 0.0115. The van der Waals surface area contributed by atoms with E-state index in [4.69, 9.17) is 0 Å². The fourth-order valence-electron chi connectivity index (χ4n) is 3.09. The maximum Gasteiger partial charge on any atom is 0.234 e. The van der Waals surface area contributed by atoms with E-state index in [1.54, 1.807) is 23.5 Å². The first kappa shape index (κ1) is 19.5. The zero-order valence-electron chi connectivity index (χ0n) is 14.8. The Bertz CT molecular complexity index is 729. The molecular weight excluding hydrogens is 417 g/mol. The molecule has 1 N–H and O–H groups in total. The molecule has 0 radical (unpaired) electrons. The van der Waals surface area contributed by atoms with Crippen LogP contribution < -0.4 is 5.32 Å². The van der Waals surface area contributed by atoms with Crippen molar-refractivity contribution >= 4 is 33.2 Å². The number of thiophene rings is 1. The van der Waals surface area contributed by atoms with E-state index in [2.05, 4.69) is 43.2 Å². The van der Waals surface area contributed by atoms with Gasteiger partial charge in [0.05, 0.1) is 16.4 Å². The number of amides is 1. The molecule has 0 spiro atoms. The van der Waals surface area contributed by atoms with Crippen LogP contribution in [0, 0.1) is 5.82 Å². The number of carbonyl (C=O) groups excluding carboxylic acids is 1. The Morgan fingerprint density at radius 2 is 1.81 bits per heavy atom. The van der Waals surface area contributed by atoms with E-state index < -0.39 is 0 Å².